The average Bonchev–Trinajstić information content (AvgIpc) is 3.07. The highest BCUT2D eigenvalue weighted by Crippen LogP contribution is 2.68. The van der Waals surface area contributed by atoms with Crippen LogP contribution in [0.1, 0.15) is 86.5 Å². The van der Waals surface area contributed by atoms with Gasteiger partial charge >= 0.3 is 17.9 Å². The van der Waals surface area contributed by atoms with Crippen molar-refractivity contribution < 1.29 is 29.7 Å². The number of carboxylic acid groups (broad SMARTS) is 3. The maximum Gasteiger partial charge on any atom is 0.330 e. The summed E-state index contributed by atoms with van der Waals surface area (Å²) in [6.45, 7) is 16.2. The van der Waals surface area contributed by atoms with Gasteiger partial charge < -0.3 is 15.3 Å². The average molecular weight is 501 g/mol. The molecule has 6 nitrogen and oxygen atoms in total. The van der Waals surface area contributed by atoms with Crippen molar-refractivity contribution in [1.29, 1.82) is 0 Å². The van der Waals surface area contributed by atoms with Crippen LogP contribution in [0.5, 0.6) is 0 Å². The van der Waals surface area contributed by atoms with E-state index >= 15 is 0 Å². The van der Waals surface area contributed by atoms with E-state index in [0.717, 1.165) is 37.7 Å². The van der Waals surface area contributed by atoms with Gasteiger partial charge in [0.2, 0.25) is 0 Å². The molecule has 2 fully saturated rings. The molecule has 0 bridgehead atoms. The van der Waals surface area contributed by atoms with E-state index in [-0.39, 0.29) is 29.6 Å². The molecule has 0 heterocycles. The summed E-state index contributed by atoms with van der Waals surface area (Å²) in [5.41, 5.74) is 0.929. The molecule has 36 heavy (non-hydrogen) atoms. The first-order valence-corrected chi connectivity index (χ1v) is 13.3. The highest BCUT2D eigenvalue weighted by Gasteiger charge is 2.61. The minimum atomic E-state index is -1.03. The number of aliphatic carboxylic acids is 3. The zero-order valence-electron chi connectivity index (χ0n) is 22.8. The maximum absolute atomic E-state index is 12.2. The monoisotopic (exact) mass is 500 g/mol. The van der Waals surface area contributed by atoms with E-state index in [1.807, 2.05) is 6.92 Å². The SMILES string of the molecule is C=C1[C@@H]([C@H](C)CC/C=C(/C)C(=O)O)CC[C@@]2(C)[C@@H]3CC[C@@H](C(C)(C)C(=O)O)[C@](C)(CC(=O)O)C3=C[C@@H]12. The molecule has 3 N–H and O–H groups in total. The zero-order valence-corrected chi connectivity index (χ0v) is 22.8. The van der Waals surface area contributed by atoms with E-state index in [9.17, 15) is 24.6 Å². The second kappa shape index (κ2) is 9.83. The molecule has 0 aromatic heterocycles. The summed E-state index contributed by atoms with van der Waals surface area (Å²) in [6, 6.07) is 0. The second-order valence-corrected chi connectivity index (χ2v) is 12.8. The second-order valence-electron chi connectivity index (χ2n) is 12.8. The van der Waals surface area contributed by atoms with Crippen LogP contribution in [0.15, 0.2) is 35.5 Å². The Bertz CT molecular complexity index is 1000. The van der Waals surface area contributed by atoms with Crippen LogP contribution in [0.2, 0.25) is 0 Å². The minimum Gasteiger partial charge on any atom is -0.481 e. The van der Waals surface area contributed by atoms with Gasteiger partial charge in [-0.25, -0.2) is 4.79 Å². The third kappa shape index (κ3) is 4.68. The van der Waals surface area contributed by atoms with Crippen molar-refractivity contribution in [2.45, 2.75) is 86.5 Å². The van der Waals surface area contributed by atoms with Gasteiger partial charge in [-0.2, -0.15) is 0 Å². The number of fused-ring (bicyclic) bond motifs is 3. The summed E-state index contributed by atoms with van der Waals surface area (Å²) in [5.74, 6) is -1.83. The first-order chi connectivity index (χ1) is 16.6. The highest BCUT2D eigenvalue weighted by atomic mass is 16.4. The fraction of sp³-hybridized carbons (Fsp3) is 0.700. The van der Waals surface area contributed by atoms with Gasteiger partial charge in [0.05, 0.1) is 11.8 Å². The van der Waals surface area contributed by atoms with Crippen LogP contribution >= 0.6 is 0 Å². The molecular formula is C30H44O6. The zero-order chi connectivity index (χ0) is 27.2. The lowest BCUT2D eigenvalue weighted by Gasteiger charge is -2.54. The third-order valence-corrected chi connectivity index (χ3v) is 10.3. The predicted molar refractivity (Wildman–Crippen MR) is 139 cm³/mol. The molecule has 3 rings (SSSR count). The minimum absolute atomic E-state index is 0.0272. The van der Waals surface area contributed by atoms with Crippen molar-refractivity contribution in [2.75, 3.05) is 0 Å². The van der Waals surface area contributed by atoms with Gasteiger partial charge in [-0.15, -0.1) is 0 Å². The van der Waals surface area contributed by atoms with Crippen LogP contribution in [0.4, 0.5) is 0 Å². The Morgan fingerprint density at radius 2 is 1.81 bits per heavy atom. The first-order valence-electron chi connectivity index (χ1n) is 13.3. The molecule has 3 aliphatic carbocycles. The fourth-order valence-corrected chi connectivity index (χ4v) is 8.07. The van der Waals surface area contributed by atoms with Crippen LogP contribution in [-0.2, 0) is 14.4 Å². The lowest BCUT2D eigenvalue weighted by atomic mass is 9.49. The molecule has 7 atom stereocenters. The van der Waals surface area contributed by atoms with Crippen LogP contribution in [-0.4, -0.2) is 33.2 Å². The maximum atomic E-state index is 12.2. The standard InChI is InChI=1S/C30H44O6/c1-17(9-8-10-18(2)26(33)34)20-13-14-29(6)21-11-12-24(28(4,5)27(35)36)30(7,16-25(31)32)23(21)15-22(29)19(20)3/h10,15,17,20-22,24H,3,8-9,11-14,16H2,1-2,4-7H3,(H,31,32)(H,33,34)(H,35,36)/b18-10-/t17-,20-,21-,22+,24+,29+,30-/m1/s1. The van der Waals surface area contributed by atoms with Crippen molar-refractivity contribution in [3.8, 4) is 0 Å². The Morgan fingerprint density at radius 3 is 2.36 bits per heavy atom. The number of hydrogen-bond donors (Lipinski definition) is 3. The van der Waals surface area contributed by atoms with E-state index in [1.54, 1.807) is 26.8 Å². The Balaban J connectivity index is 1.92. The summed E-state index contributed by atoms with van der Waals surface area (Å²) in [7, 11) is 0. The molecule has 0 unspecified atom stereocenters. The number of allylic oxidation sites excluding steroid dienone is 4. The molecule has 0 radical (unpaired) electrons. The Morgan fingerprint density at radius 1 is 1.17 bits per heavy atom. The molecule has 6 heteroatoms. The van der Waals surface area contributed by atoms with Gasteiger partial charge in [-0.1, -0.05) is 50.6 Å². The van der Waals surface area contributed by atoms with Crippen LogP contribution in [0, 0.1) is 45.8 Å². The van der Waals surface area contributed by atoms with E-state index < -0.39 is 28.7 Å². The van der Waals surface area contributed by atoms with Gasteiger partial charge in [-0.05, 0) is 88.4 Å². The molecular weight excluding hydrogens is 456 g/mol. The van der Waals surface area contributed by atoms with Crippen molar-refractivity contribution in [1.82, 2.24) is 0 Å². The summed E-state index contributed by atoms with van der Waals surface area (Å²) in [4.78, 5) is 35.4. The molecule has 0 spiro atoms. The number of rotatable bonds is 9. The number of carbonyl (C=O) groups is 3. The van der Waals surface area contributed by atoms with E-state index in [0.29, 0.717) is 23.8 Å². The summed E-state index contributed by atoms with van der Waals surface area (Å²) >= 11 is 0. The largest absolute Gasteiger partial charge is 0.481 e. The summed E-state index contributed by atoms with van der Waals surface area (Å²) < 4.78 is 0. The number of hydrogen-bond acceptors (Lipinski definition) is 3. The predicted octanol–water partition coefficient (Wildman–Crippen LogP) is 6.58. The Kier molecular flexibility index (Phi) is 7.70. The Labute approximate surface area is 215 Å². The summed E-state index contributed by atoms with van der Waals surface area (Å²) in [6.07, 6.45) is 9.25. The van der Waals surface area contributed by atoms with Gasteiger partial charge in [0.15, 0.2) is 0 Å². The van der Waals surface area contributed by atoms with Crippen molar-refractivity contribution >= 4 is 17.9 Å². The lowest BCUT2D eigenvalue weighted by Crippen LogP contribution is -2.50. The fourth-order valence-electron chi connectivity index (χ4n) is 8.07. The molecule has 0 amide bonds. The van der Waals surface area contributed by atoms with Crippen molar-refractivity contribution in [2.24, 2.45) is 45.8 Å². The lowest BCUT2D eigenvalue weighted by molar-refractivity contribution is -0.157. The van der Waals surface area contributed by atoms with Crippen molar-refractivity contribution in [3.63, 3.8) is 0 Å². The van der Waals surface area contributed by atoms with Gasteiger partial charge in [0.1, 0.15) is 0 Å². The van der Waals surface area contributed by atoms with Crippen molar-refractivity contribution in [3.05, 3.63) is 35.5 Å². The molecule has 0 aliphatic heterocycles. The quantitative estimate of drug-likeness (QED) is 0.243. The molecule has 200 valence electrons. The van der Waals surface area contributed by atoms with Crippen LogP contribution in [0.3, 0.4) is 0 Å². The van der Waals surface area contributed by atoms with E-state index in [1.165, 1.54) is 5.57 Å². The highest BCUT2D eigenvalue weighted by molar-refractivity contribution is 5.85. The molecule has 3 aliphatic rings. The van der Waals surface area contributed by atoms with Crippen LogP contribution in [0.25, 0.3) is 0 Å². The molecule has 0 aromatic rings. The first kappa shape index (κ1) is 28.2. The molecule has 0 aromatic carbocycles. The van der Waals surface area contributed by atoms with Gasteiger partial charge in [0, 0.05) is 16.9 Å². The summed E-state index contributed by atoms with van der Waals surface area (Å²) in [5, 5.41) is 29.0. The van der Waals surface area contributed by atoms with Gasteiger partial charge in [0.25, 0.3) is 0 Å². The molecule has 2 saturated carbocycles. The topological polar surface area (TPSA) is 112 Å². The molecule has 0 saturated heterocycles. The smallest absolute Gasteiger partial charge is 0.330 e. The van der Waals surface area contributed by atoms with E-state index in [2.05, 4.69) is 26.5 Å². The van der Waals surface area contributed by atoms with Crippen LogP contribution < -0.4 is 0 Å². The third-order valence-electron chi connectivity index (χ3n) is 10.3. The normalized spacial score (nSPS) is 35.4. The number of carboxylic acids is 3. The van der Waals surface area contributed by atoms with Gasteiger partial charge in [-0.3, -0.25) is 9.59 Å². The van der Waals surface area contributed by atoms with E-state index in [4.69, 9.17) is 5.11 Å². The Hall–Kier alpha value is -2.37.